The Morgan fingerprint density at radius 2 is 0.975 bits per heavy atom. The summed E-state index contributed by atoms with van der Waals surface area (Å²) in [6.45, 7) is 4.46. The number of carboxylic acid groups (broad SMARTS) is 1. The highest BCUT2D eigenvalue weighted by molar-refractivity contribution is 5.69. The Bertz CT molecular complexity index is 649. The normalized spacial score (nSPS) is 12.7. The third-order valence-electron chi connectivity index (χ3n) is 7.36. The number of rotatable bonds is 30. The standard InChI is InChI=1S/C36H64O4/c1-3-5-7-9-10-11-12-13-14-15-16-17-18-19-20-21-22-23-29-33-36(39)40-34(30-26-8-6-4-2)31-27-24-25-28-32-35(37)38/h10-11,13-14,16-17,34H,3-9,12,15,18-33H2,1-2H3,(H,37,38)/b11-10-,14-13-,17-16-. The lowest BCUT2D eigenvalue weighted by molar-refractivity contribution is -0.150. The third-order valence-corrected chi connectivity index (χ3v) is 7.36. The van der Waals surface area contributed by atoms with Crippen LogP contribution in [0.25, 0.3) is 0 Å². The zero-order valence-corrected chi connectivity index (χ0v) is 26.4. The summed E-state index contributed by atoms with van der Waals surface area (Å²) in [6.07, 6.45) is 40.3. The van der Waals surface area contributed by atoms with Gasteiger partial charge in [-0.25, -0.2) is 0 Å². The second-order valence-electron chi connectivity index (χ2n) is 11.3. The van der Waals surface area contributed by atoms with E-state index in [4.69, 9.17) is 9.84 Å². The molecule has 0 aromatic rings. The van der Waals surface area contributed by atoms with Crippen molar-refractivity contribution in [1.29, 1.82) is 0 Å². The highest BCUT2D eigenvalue weighted by atomic mass is 16.5. The van der Waals surface area contributed by atoms with Crippen molar-refractivity contribution in [1.82, 2.24) is 0 Å². The number of carbonyl (C=O) groups excluding carboxylic acids is 1. The molecule has 0 saturated carbocycles. The van der Waals surface area contributed by atoms with Crippen LogP contribution in [0.5, 0.6) is 0 Å². The molecule has 0 saturated heterocycles. The van der Waals surface area contributed by atoms with Gasteiger partial charge >= 0.3 is 11.9 Å². The minimum atomic E-state index is -0.717. The van der Waals surface area contributed by atoms with Gasteiger partial charge in [-0.1, -0.05) is 121 Å². The quantitative estimate of drug-likeness (QED) is 0.0539. The molecule has 1 unspecified atom stereocenters. The van der Waals surface area contributed by atoms with Crippen LogP contribution in [-0.4, -0.2) is 23.1 Å². The van der Waals surface area contributed by atoms with Gasteiger partial charge in [0.15, 0.2) is 0 Å². The van der Waals surface area contributed by atoms with Gasteiger partial charge in [0.25, 0.3) is 0 Å². The maximum Gasteiger partial charge on any atom is 0.306 e. The summed E-state index contributed by atoms with van der Waals surface area (Å²) < 4.78 is 5.86. The number of hydrogen-bond donors (Lipinski definition) is 1. The predicted octanol–water partition coefficient (Wildman–Crippen LogP) is 11.4. The van der Waals surface area contributed by atoms with Crippen molar-refractivity contribution in [3.63, 3.8) is 0 Å². The van der Waals surface area contributed by atoms with Crippen LogP contribution in [0, 0.1) is 0 Å². The summed E-state index contributed by atoms with van der Waals surface area (Å²) in [5, 5.41) is 8.76. The molecule has 0 radical (unpaired) electrons. The van der Waals surface area contributed by atoms with E-state index in [0.717, 1.165) is 77.0 Å². The van der Waals surface area contributed by atoms with Crippen LogP contribution in [0.15, 0.2) is 36.5 Å². The zero-order chi connectivity index (χ0) is 29.4. The Balaban J connectivity index is 3.79. The molecule has 0 bridgehead atoms. The van der Waals surface area contributed by atoms with Gasteiger partial charge in [0.2, 0.25) is 0 Å². The highest BCUT2D eigenvalue weighted by Crippen LogP contribution is 2.18. The SMILES string of the molecule is CCCCC/C=C\C/C=C\C/C=C\CCCCCCCCC(=O)OC(CCCCCC)CCCCCCC(=O)O. The minimum Gasteiger partial charge on any atom is -0.481 e. The molecule has 0 aromatic heterocycles. The van der Waals surface area contributed by atoms with Crippen LogP contribution in [0.1, 0.15) is 174 Å². The molecule has 4 nitrogen and oxygen atoms in total. The van der Waals surface area contributed by atoms with Crippen molar-refractivity contribution in [3.05, 3.63) is 36.5 Å². The van der Waals surface area contributed by atoms with Crippen LogP contribution in [0.3, 0.4) is 0 Å². The molecule has 1 N–H and O–H groups in total. The van der Waals surface area contributed by atoms with Gasteiger partial charge in [0.1, 0.15) is 6.10 Å². The average Bonchev–Trinajstić information content (AvgIpc) is 2.93. The van der Waals surface area contributed by atoms with Gasteiger partial charge in [-0.3, -0.25) is 9.59 Å². The fourth-order valence-corrected chi connectivity index (χ4v) is 4.84. The first-order valence-electron chi connectivity index (χ1n) is 17.0. The Kier molecular flexibility index (Phi) is 30.2. The van der Waals surface area contributed by atoms with Crippen molar-refractivity contribution in [2.45, 2.75) is 180 Å². The molecular formula is C36H64O4. The van der Waals surface area contributed by atoms with Gasteiger partial charge in [-0.15, -0.1) is 0 Å². The van der Waals surface area contributed by atoms with Crippen molar-refractivity contribution in [2.75, 3.05) is 0 Å². The molecule has 0 spiro atoms. The lowest BCUT2D eigenvalue weighted by atomic mass is 10.0. The van der Waals surface area contributed by atoms with Crippen LogP contribution >= 0.6 is 0 Å². The number of unbranched alkanes of at least 4 members (excludes halogenated alkanes) is 15. The topological polar surface area (TPSA) is 63.6 Å². The van der Waals surface area contributed by atoms with Crippen molar-refractivity contribution >= 4 is 11.9 Å². The van der Waals surface area contributed by atoms with Gasteiger partial charge in [-0.2, -0.15) is 0 Å². The molecule has 0 rings (SSSR count). The first-order chi connectivity index (χ1) is 19.6. The first kappa shape index (κ1) is 38.2. The summed E-state index contributed by atoms with van der Waals surface area (Å²) >= 11 is 0. The molecule has 1 atom stereocenters. The van der Waals surface area contributed by atoms with E-state index in [0.29, 0.717) is 6.42 Å². The Morgan fingerprint density at radius 3 is 1.55 bits per heavy atom. The van der Waals surface area contributed by atoms with Crippen LogP contribution in [0.4, 0.5) is 0 Å². The molecule has 0 amide bonds. The summed E-state index contributed by atoms with van der Waals surface area (Å²) in [5.74, 6) is -0.751. The van der Waals surface area contributed by atoms with Gasteiger partial charge in [0.05, 0.1) is 0 Å². The second kappa shape index (κ2) is 31.7. The van der Waals surface area contributed by atoms with E-state index >= 15 is 0 Å². The molecule has 0 aliphatic rings. The third kappa shape index (κ3) is 30.7. The molecule has 0 aromatic carbocycles. The summed E-state index contributed by atoms with van der Waals surface area (Å²) in [7, 11) is 0. The van der Waals surface area contributed by atoms with Crippen LogP contribution in [-0.2, 0) is 14.3 Å². The van der Waals surface area contributed by atoms with E-state index in [9.17, 15) is 9.59 Å². The van der Waals surface area contributed by atoms with Crippen LogP contribution < -0.4 is 0 Å². The maximum absolute atomic E-state index is 12.4. The number of esters is 1. The molecule has 0 aliphatic carbocycles. The monoisotopic (exact) mass is 560 g/mol. The number of allylic oxidation sites excluding steroid dienone is 6. The van der Waals surface area contributed by atoms with E-state index in [1.54, 1.807) is 0 Å². The molecule has 0 fully saturated rings. The van der Waals surface area contributed by atoms with E-state index in [1.165, 1.54) is 70.6 Å². The molecule has 0 heterocycles. The number of aliphatic carboxylic acids is 1. The number of hydrogen-bond acceptors (Lipinski definition) is 3. The minimum absolute atomic E-state index is 0.0320. The van der Waals surface area contributed by atoms with E-state index in [1.807, 2.05) is 0 Å². The van der Waals surface area contributed by atoms with Crippen LogP contribution in [0.2, 0.25) is 0 Å². The Labute approximate surface area is 248 Å². The fourth-order valence-electron chi connectivity index (χ4n) is 4.84. The Morgan fingerprint density at radius 1 is 0.550 bits per heavy atom. The number of carbonyl (C=O) groups is 2. The highest BCUT2D eigenvalue weighted by Gasteiger charge is 2.14. The van der Waals surface area contributed by atoms with E-state index in [-0.39, 0.29) is 18.5 Å². The van der Waals surface area contributed by atoms with Gasteiger partial charge in [-0.05, 0) is 77.0 Å². The number of carboxylic acids is 1. The lowest BCUT2D eigenvalue weighted by Gasteiger charge is -2.18. The molecule has 0 aliphatic heterocycles. The van der Waals surface area contributed by atoms with Gasteiger partial charge in [0, 0.05) is 12.8 Å². The predicted molar refractivity (Wildman–Crippen MR) is 172 cm³/mol. The first-order valence-corrected chi connectivity index (χ1v) is 17.0. The maximum atomic E-state index is 12.4. The summed E-state index contributed by atoms with van der Waals surface area (Å²) in [4.78, 5) is 23.1. The van der Waals surface area contributed by atoms with Crippen molar-refractivity contribution in [2.24, 2.45) is 0 Å². The number of ether oxygens (including phenoxy) is 1. The molecule has 40 heavy (non-hydrogen) atoms. The smallest absolute Gasteiger partial charge is 0.306 e. The van der Waals surface area contributed by atoms with E-state index in [2.05, 4.69) is 50.3 Å². The Hall–Kier alpha value is -1.84. The average molecular weight is 561 g/mol. The summed E-state index contributed by atoms with van der Waals surface area (Å²) in [5.41, 5.74) is 0. The van der Waals surface area contributed by atoms with E-state index < -0.39 is 5.97 Å². The van der Waals surface area contributed by atoms with Crippen molar-refractivity contribution in [3.8, 4) is 0 Å². The van der Waals surface area contributed by atoms with Gasteiger partial charge < -0.3 is 9.84 Å². The fraction of sp³-hybridized carbons (Fsp3) is 0.778. The zero-order valence-electron chi connectivity index (χ0n) is 26.4. The largest absolute Gasteiger partial charge is 0.481 e. The van der Waals surface area contributed by atoms with Crippen molar-refractivity contribution < 1.29 is 19.4 Å². The molecule has 232 valence electrons. The molecule has 4 heteroatoms. The molecular weight excluding hydrogens is 496 g/mol. The lowest BCUT2D eigenvalue weighted by Crippen LogP contribution is -2.18. The summed E-state index contributed by atoms with van der Waals surface area (Å²) in [6, 6.07) is 0. The second-order valence-corrected chi connectivity index (χ2v) is 11.3.